The van der Waals surface area contributed by atoms with Gasteiger partial charge < -0.3 is 19.4 Å². The molecular weight excluding hydrogens is 548 g/mol. The number of sulfonamides is 1. The summed E-state index contributed by atoms with van der Waals surface area (Å²) in [6.45, 7) is 1.49. The largest absolute Gasteiger partial charge is 0.451 e. The minimum absolute atomic E-state index is 0.0671. The zero-order valence-electron chi connectivity index (χ0n) is 20.3. The summed E-state index contributed by atoms with van der Waals surface area (Å²) in [6, 6.07) is 4.93. The smallest absolute Gasteiger partial charge is 0.320 e. The van der Waals surface area contributed by atoms with E-state index in [9.17, 15) is 32.0 Å². The number of hydrogen-bond acceptors (Lipinski definition) is 7. The van der Waals surface area contributed by atoms with Crippen LogP contribution in [0.4, 0.5) is 13.6 Å². The zero-order valence-corrected chi connectivity index (χ0v) is 21.9. The summed E-state index contributed by atoms with van der Waals surface area (Å²) in [5.41, 5.74) is 1.42. The minimum atomic E-state index is -4.64. The van der Waals surface area contributed by atoms with Crippen LogP contribution < -0.4 is 10.2 Å². The molecule has 0 bridgehead atoms. The molecule has 2 N–H and O–H groups in total. The van der Waals surface area contributed by atoms with Gasteiger partial charge in [0.1, 0.15) is 11.8 Å². The van der Waals surface area contributed by atoms with Crippen LogP contribution in [0.15, 0.2) is 41.3 Å². The van der Waals surface area contributed by atoms with Crippen molar-refractivity contribution in [2.45, 2.75) is 10.9 Å². The Hall–Kier alpha value is -3.04. The van der Waals surface area contributed by atoms with Crippen molar-refractivity contribution in [1.29, 1.82) is 0 Å². The van der Waals surface area contributed by atoms with Gasteiger partial charge >= 0.3 is 6.03 Å². The number of rotatable bonds is 5. The van der Waals surface area contributed by atoms with Crippen LogP contribution in [0, 0.1) is 11.6 Å². The van der Waals surface area contributed by atoms with Crippen molar-refractivity contribution in [3.05, 3.63) is 53.1 Å². The van der Waals surface area contributed by atoms with Crippen LogP contribution in [-0.4, -0.2) is 103 Å². The first-order chi connectivity index (χ1) is 18.0. The number of hydrogen-bond donors (Lipinski definition) is 2. The number of carbonyl (C=O) groups is 2. The number of hydroxylamine groups is 1. The molecule has 0 radical (unpaired) electrons. The molecule has 2 aliphatic heterocycles. The fraction of sp³-hybridized carbons (Fsp3) is 0.391. The third kappa shape index (κ3) is 5.83. The summed E-state index contributed by atoms with van der Waals surface area (Å²) >= 11 is 5.79. The number of likely N-dealkylation sites (N-methyl/N-ethyl adjacent to an activating group) is 1. The van der Waals surface area contributed by atoms with E-state index in [0.29, 0.717) is 47.6 Å². The summed E-state index contributed by atoms with van der Waals surface area (Å²) in [7, 11) is -2.71. The maximum atomic E-state index is 14.8. The van der Waals surface area contributed by atoms with E-state index in [1.807, 2.05) is 7.05 Å². The highest BCUT2D eigenvalue weighted by Gasteiger charge is 2.42. The molecule has 2 fully saturated rings. The Labute approximate surface area is 223 Å². The molecule has 0 aliphatic carbocycles. The van der Waals surface area contributed by atoms with Crippen molar-refractivity contribution in [3.8, 4) is 11.5 Å². The van der Waals surface area contributed by atoms with E-state index < -0.39 is 44.3 Å². The van der Waals surface area contributed by atoms with Crippen molar-refractivity contribution in [1.82, 2.24) is 24.5 Å². The Kier molecular flexibility index (Phi) is 8.37. The molecule has 2 aromatic rings. The standard InChI is InChI=1S/C23H26ClF2N5O6S/c1-28-6-8-29(9-7-28)23(33)30-10-11-31(20(14-30)22(32)27-34)38(35,36)17-12-18(25)21(19(26)13-17)37-16-4-2-15(24)3-5-16/h2-5,12-13,20,34H,6-11,14H2,1H3,(H,27,32)/t20-/m0/s1. The van der Waals surface area contributed by atoms with Crippen LogP contribution in [0.5, 0.6) is 11.5 Å². The van der Waals surface area contributed by atoms with E-state index in [0.717, 1.165) is 0 Å². The number of urea groups is 1. The minimum Gasteiger partial charge on any atom is -0.451 e. The highest BCUT2D eigenvalue weighted by molar-refractivity contribution is 7.89. The molecule has 2 aromatic carbocycles. The molecule has 4 rings (SSSR count). The molecule has 11 nitrogen and oxygen atoms in total. The van der Waals surface area contributed by atoms with Gasteiger partial charge in [0.05, 0.1) is 4.90 Å². The lowest BCUT2D eigenvalue weighted by molar-refractivity contribution is -0.134. The predicted molar refractivity (Wildman–Crippen MR) is 132 cm³/mol. The van der Waals surface area contributed by atoms with E-state index in [2.05, 4.69) is 4.90 Å². The number of ether oxygens (including phenoxy) is 1. The number of nitrogens with one attached hydrogen (secondary N) is 1. The molecule has 0 saturated carbocycles. The second-order valence-electron chi connectivity index (χ2n) is 8.90. The molecular formula is C23H26ClF2N5O6S. The number of carbonyl (C=O) groups excluding carboxylic acids is 2. The lowest BCUT2D eigenvalue weighted by atomic mass is 10.2. The van der Waals surface area contributed by atoms with Crippen molar-refractivity contribution in [2.75, 3.05) is 52.9 Å². The van der Waals surface area contributed by atoms with Crippen molar-refractivity contribution in [3.63, 3.8) is 0 Å². The van der Waals surface area contributed by atoms with E-state index in [1.54, 1.807) is 4.90 Å². The van der Waals surface area contributed by atoms with Gasteiger partial charge in [0.2, 0.25) is 10.0 Å². The third-order valence-electron chi connectivity index (χ3n) is 6.40. The molecule has 0 spiro atoms. The third-order valence-corrected chi connectivity index (χ3v) is 8.54. The first-order valence-corrected chi connectivity index (χ1v) is 13.4. The van der Waals surface area contributed by atoms with Gasteiger partial charge in [0.25, 0.3) is 5.91 Å². The maximum Gasteiger partial charge on any atom is 0.320 e. The van der Waals surface area contributed by atoms with E-state index in [1.165, 1.54) is 34.6 Å². The lowest BCUT2D eigenvalue weighted by Crippen LogP contribution is -2.63. The number of halogens is 3. The number of benzene rings is 2. The fourth-order valence-corrected chi connectivity index (χ4v) is 5.97. The van der Waals surface area contributed by atoms with Crippen molar-refractivity contribution in [2.24, 2.45) is 0 Å². The Morgan fingerprint density at radius 3 is 2.16 bits per heavy atom. The Morgan fingerprint density at radius 1 is 1.00 bits per heavy atom. The van der Waals surface area contributed by atoms with Gasteiger partial charge in [-0.05, 0) is 43.4 Å². The highest BCUT2D eigenvalue weighted by atomic mass is 35.5. The molecule has 0 unspecified atom stereocenters. The van der Waals surface area contributed by atoms with Gasteiger partial charge in [-0.2, -0.15) is 4.31 Å². The molecule has 2 saturated heterocycles. The highest BCUT2D eigenvalue weighted by Crippen LogP contribution is 2.32. The van der Waals surface area contributed by atoms with Crippen LogP contribution in [0.2, 0.25) is 5.02 Å². The molecule has 1 atom stereocenters. The normalized spacial score (nSPS) is 19.3. The van der Waals surface area contributed by atoms with Gasteiger partial charge in [-0.15, -0.1) is 0 Å². The van der Waals surface area contributed by atoms with Crippen LogP contribution >= 0.6 is 11.6 Å². The van der Waals surface area contributed by atoms with Gasteiger partial charge in [0.15, 0.2) is 17.4 Å². The predicted octanol–water partition coefficient (Wildman–Crippen LogP) is 1.96. The summed E-state index contributed by atoms with van der Waals surface area (Å²) in [5.74, 6) is -4.41. The molecule has 2 heterocycles. The molecule has 2 aliphatic rings. The van der Waals surface area contributed by atoms with Crippen molar-refractivity contribution >= 4 is 33.6 Å². The average molecular weight is 574 g/mol. The van der Waals surface area contributed by atoms with Crippen molar-refractivity contribution < 1.29 is 36.7 Å². The maximum absolute atomic E-state index is 14.8. The second kappa shape index (κ2) is 11.4. The van der Waals surface area contributed by atoms with E-state index >= 15 is 0 Å². The summed E-state index contributed by atoms with van der Waals surface area (Å²) in [4.78, 5) is 29.7. The quantitative estimate of drug-likeness (QED) is 0.414. The van der Waals surface area contributed by atoms with Crippen LogP contribution in [0.3, 0.4) is 0 Å². The van der Waals surface area contributed by atoms with Gasteiger partial charge in [-0.1, -0.05) is 11.6 Å². The van der Waals surface area contributed by atoms with Crippen LogP contribution in [-0.2, 0) is 14.8 Å². The monoisotopic (exact) mass is 573 g/mol. The van der Waals surface area contributed by atoms with E-state index in [4.69, 9.17) is 16.3 Å². The SMILES string of the molecule is CN1CCN(C(=O)N2CCN(S(=O)(=O)c3cc(F)c(Oc4ccc(Cl)cc4)c(F)c3)[C@H](C(=O)NO)C2)CC1. The van der Waals surface area contributed by atoms with Gasteiger partial charge in [-0.3, -0.25) is 10.0 Å². The summed E-state index contributed by atoms with van der Waals surface area (Å²) < 4.78 is 62.4. The summed E-state index contributed by atoms with van der Waals surface area (Å²) in [5, 5.41) is 9.62. The van der Waals surface area contributed by atoms with E-state index in [-0.39, 0.29) is 31.4 Å². The molecule has 206 valence electrons. The Bertz CT molecular complexity index is 1280. The summed E-state index contributed by atoms with van der Waals surface area (Å²) in [6.07, 6.45) is 0. The average Bonchev–Trinajstić information content (AvgIpc) is 2.90. The van der Waals surface area contributed by atoms with Crippen LogP contribution in [0.1, 0.15) is 0 Å². The molecule has 38 heavy (non-hydrogen) atoms. The first kappa shape index (κ1) is 28.0. The topological polar surface area (TPSA) is 123 Å². The Balaban J connectivity index is 1.56. The van der Waals surface area contributed by atoms with Gasteiger partial charge in [0, 0.05) is 50.8 Å². The van der Waals surface area contributed by atoms with Gasteiger partial charge in [-0.25, -0.2) is 27.5 Å². The second-order valence-corrected chi connectivity index (χ2v) is 11.2. The lowest BCUT2D eigenvalue weighted by Gasteiger charge is -2.42. The number of piperazine rings is 2. The molecule has 3 amide bonds. The Morgan fingerprint density at radius 2 is 1.58 bits per heavy atom. The fourth-order valence-electron chi connectivity index (χ4n) is 4.25. The zero-order chi connectivity index (χ0) is 27.6. The molecule has 0 aromatic heterocycles. The molecule has 15 heteroatoms. The first-order valence-electron chi connectivity index (χ1n) is 11.6. The number of nitrogens with zero attached hydrogens (tertiary/aromatic N) is 4. The number of amides is 3. The van der Waals surface area contributed by atoms with Crippen LogP contribution in [0.25, 0.3) is 0 Å².